The SMILES string of the molecule is Cc1nc2ccc(N(C)S(=O)(=O)c3ccc(Cl)s3)cc2[nH]1. The fourth-order valence-corrected chi connectivity index (χ4v) is 4.87. The third kappa shape index (κ3) is 2.52. The van der Waals surface area contributed by atoms with Crippen LogP contribution in [0.3, 0.4) is 0 Å². The van der Waals surface area contributed by atoms with Crippen molar-refractivity contribution >= 4 is 49.7 Å². The van der Waals surface area contributed by atoms with Crippen molar-refractivity contribution < 1.29 is 8.42 Å². The van der Waals surface area contributed by atoms with Crippen LogP contribution in [0.4, 0.5) is 5.69 Å². The number of nitrogens with one attached hydrogen (secondary N) is 1. The highest BCUT2D eigenvalue weighted by atomic mass is 35.5. The molecular weight excluding hydrogens is 330 g/mol. The molecular formula is C13H12ClN3O2S2. The fourth-order valence-electron chi connectivity index (χ4n) is 2.03. The zero-order valence-corrected chi connectivity index (χ0v) is 13.7. The van der Waals surface area contributed by atoms with E-state index in [0.717, 1.165) is 28.2 Å². The molecule has 2 heterocycles. The van der Waals surface area contributed by atoms with Crippen molar-refractivity contribution in [1.82, 2.24) is 9.97 Å². The van der Waals surface area contributed by atoms with E-state index in [0.29, 0.717) is 10.0 Å². The molecule has 0 aliphatic rings. The van der Waals surface area contributed by atoms with Crippen LogP contribution in [0.5, 0.6) is 0 Å². The lowest BCUT2D eigenvalue weighted by molar-refractivity contribution is 0.596. The highest BCUT2D eigenvalue weighted by molar-refractivity contribution is 7.94. The summed E-state index contributed by atoms with van der Waals surface area (Å²) in [5.74, 6) is 0.790. The summed E-state index contributed by atoms with van der Waals surface area (Å²) in [5.41, 5.74) is 2.17. The zero-order valence-electron chi connectivity index (χ0n) is 11.3. The zero-order chi connectivity index (χ0) is 15.2. The van der Waals surface area contributed by atoms with E-state index in [1.54, 1.807) is 24.3 Å². The normalized spacial score (nSPS) is 12.0. The van der Waals surface area contributed by atoms with Crippen LogP contribution in [0.1, 0.15) is 5.82 Å². The number of fused-ring (bicyclic) bond motifs is 1. The summed E-state index contributed by atoms with van der Waals surface area (Å²) in [6.07, 6.45) is 0. The molecule has 0 bridgehead atoms. The molecule has 0 spiro atoms. The van der Waals surface area contributed by atoms with Gasteiger partial charge in [0.15, 0.2) is 0 Å². The Morgan fingerprint density at radius 2 is 2.05 bits per heavy atom. The van der Waals surface area contributed by atoms with E-state index < -0.39 is 10.0 Å². The van der Waals surface area contributed by atoms with Gasteiger partial charge in [-0.15, -0.1) is 11.3 Å². The van der Waals surface area contributed by atoms with Crippen molar-refractivity contribution in [1.29, 1.82) is 0 Å². The van der Waals surface area contributed by atoms with Gasteiger partial charge in [0.2, 0.25) is 0 Å². The maximum Gasteiger partial charge on any atom is 0.273 e. The number of hydrogen-bond acceptors (Lipinski definition) is 4. The summed E-state index contributed by atoms with van der Waals surface area (Å²) < 4.78 is 27.0. The van der Waals surface area contributed by atoms with Gasteiger partial charge >= 0.3 is 0 Å². The molecule has 1 aromatic carbocycles. The Bertz CT molecular complexity index is 915. The number of benzene rings is 1. The average Bonchev–Trinajstić information content (AvgIpc) is 3.01. The van der Waals surface area contributed by atoms with Crippen molar-refractivity contribution in [2.45, 2.75) is 11.1 Å². The Kier molecular flexibility index (Phi) is 3.43. The number of aromatic amines is 1. The van der Waals surface area contributed by atoms with Crippen LogP contribution < -0.4 is 4.31 Å². The number of nitrogens with zero attached hydrogens (tertiary/aromatic N) is 2. The van der Waals surface area contributed by atoms with Crippen LogP contribution in [0, 0.1) is 6.92 Å². The average molecular weight is 342 g/mol. The number of aryl methyl sites for hydroxylation is 1. The van der Waals surface area contributed by atoms with Gasteiger partial charge in [-0.25, -0.2) is 13.4 Å². The van der Waals surface area contributed by atoms with Gasteiger partial charge in [-0.05, 0) is 37.3 Å². The molecule has 3 aromatic rings. The molecule has 8 heteroatoms. The number of sulfonamides is 1. The van der Waals surface area contributed by atoms with Gasteiger partial charge in [-0.3, -0.25) is 4.31 Å². The molecule has 0 unspecified atom stereocenters. The minimum atomic E-state index is -3.60. The Balaban J connectivity index is 2.04. The first kappa shape index (κ1) is 14.4. The predicted molar refractivity (Wildman–Crippen MR) is 85.7 cm³/mol. The highest BCUT2D eigenvalue weighted by Gasteiger charge is 2.23. The number of anilines is 1. The summed E-state index contributed by atoms with van der Waals surface area (Å²) in [6, 6.07) is 8.38. The van der Waals surface area contributed by atoms with Gasteiger partial charge in [0.25, 0.3) is 10.0 Å². The largest absolute Gasteiger partial charge is 0.342 e. The van der Waals surface area contributed by atoms with Gasteiger partial charge in [0.1, 0.15) is 10.0 Å². The van der Waals surface area contributed by atoms with Crippen LogP contribution in [0.2, 0.25) is 4.34 Å². The molecule has 3 rings (SSSR count). The van der Waals surface area contributed by atoms with Gasteiger partial charge in [-0.2, -0.15) is 0 Å². The molecule has 0 aliphatic carbocycles. The maximum atomic E-state index is 12.5. The molecule has 0 saturated carbocycles. The standard InChI is InChI=1S/C13H12ClN3O2S2/c1-8-15-10-4-3-9(7-11(10)16-8)17(2)21(18,19)13-6-5-12(14)20-13/h3-7H,1-2H3,(H,15,16). The van der Waals surface area contributed by atoms with Crippen molar-refractivity contribution in [3.63, 3.8) is 0 Å². The predicted octanol–water partition coefficient (Wildman–Crippen LogP) is 3.41. The van der Waals surface area contributed by atoms with Crippen LogP contribution in [0.25, 0.3) is 11.0 Å². The second-order valence-electron chi connectivity index (χ2n) is 4.55. The van der Waals surface area contributed by atoms with Gasteiger partial charge < -0.3 is 4.98 Å². The second-order valence-corrected chi connectivity index (χ2v) is 8.47. The summed E-state index contributed by atoms with van der Waals surface area (Å²) >= 11 is 6.86. The lowest BCUT2D eigenvalue weighted by atomic mass is 10.3. The molecule has 0 aliphatic heterocycles. The second kappa shape index (κ2) is 5.01. The maximum absolute atomic E-state index is 12.5. The number of hydrogen-bond donors (Lipinski definition) is 1. The third-order valence-electron chi connectivity index (χ3n) is 3.11. The quantitative estimate of drug-likeness (QED) is 0.793. The number of thiophene rings is 1. The van der Waals surface area contributed by atoms with Gasteiger partial charge in [-0.1, -0.05) is 11.6 Å². The Morgan fingerprint density at radius 1 is 1.29 bits per heavy atom. The van der Waals surface area contributed by atoms with Crippen molar-refractivity contribution in [3.8, 4) is 0 Å². The van der Waals surface area contributed by atoms with Crippen molar-refractivity contribution in [2.75, 3.05) is 11.4 Å². The van der Waals surface area contributed by atoms with E-state index >= 15 is 0 Å². The van der Waals surface area contributed by atoms with E-state index in [-0.39, 0.29) is 4.21 Å². The molecule has 0 amide bonds. The van der Waals surface area contributed by atoms with E-state index in [2.05, 4.69) is 9.97 Å². The Morgan fingerprint density at radius 3 is 2.71 bits per heavy atom. The molecule has 0 atom stereocenters. The summed E-state index contributed by atoms with van der Waals surface area (Å²) in [6.45, 7) is 1.85. The monoisotopic (exact) mass is 341 g/mol. The van der Waals surface area contributed by atoms with E-state index in [1.165, 1.54) is 17.4 Å². The number of H-pyrrole nitrogens is 1. The summed E-state index contributed by atoms with van der Waals surface area (Å²) in [5, 5.41) is 0. The number of imidazole rings is 1. The van der Waals surface area contributed by atoms with Crippen LogP contribution in [-0.2, 0) is 10.0 Å². The fraction of sp³-hybridized carbons (Fsp3) is 0.154. The van der Waals surface area contributed by atoms with Crippen LogP contribution >= 0.6 is 22.9 Å². The molecule has 1 N–H and O–H groups in total. The molecule has 0 fully saturated rings. The Hall–Kier alpha value is -1.57. The highest BCUT2D eigenvalue weighted by Crippen LogP contribution is 2.30. The lowest BCUT2D eigenvalue weighted by Gasteiger charge is -2.18. The topological polar surface area (TPSA) is 66.1 Å². The van der Waals surface area contributed by atoms with E-state index in [1.807, 2.05) is 6.92 Å². The summed E-state index contributed by atoms with van der Waals surface area (Å²) in [7, 11) is -2.08. The molecule has 0 radical (unpaired) electrons. The molecule has 0 saturated heterocycles. The number of aromatic nitrogens is 2. The smallest absolute Gasteiger partial charge is 0.273 e. The first-order chi connectivity index (χ1) is 9.88. The van der Waals surface area contributed by atoms with Crippen LogP contribution in [0.15, 0.2) is 34.5 Å². The van der Waals surface area contributed by atoms with Crippen molar-refractivity contribution in [3.05, 3.63) is 40.5 Å². The number of rotatable bonds is 3. The molecule has 2 aromatic heterocycles. The van der Waals surface area contributed by atoms with E-state index in [4.69, 9.17) is 11.6 Å². The van der Waals surface area contributed by atoms with E-state index in [9.17, 15) is 8.42 Å². The van der Waals surface area contributed by atoms with Gasteiger partial charge in [0, 0.05) is 7.05 Å². The summed E-state index contributed by atoms with van der Waals surface area (Å²) in [4.78, 5) is 7.40. The van der Waals surface area contributed by atoms with Crippen LogP contribution in [-0.4, -0.2) is 25.4 Å². The molecule has 21 heavy (non-hydrogen) atoms. The molecule has 110 valence electrons. The first-order valence-electron chi connectivity index (χ1n) is 6.08. The van der Waals surface area contributed by atoms with Gasteiger partial charge in [0.05, 0.1) is 21.1 Å². The first-order valence-corrected chi connectivity index (χ1v) is 8.72. The molecule has 5 nitrogen and oxygen atoms in total. The van der Waals surface area contributed by atoms with Crippen molar-refractivity contribution in [2.24, 2.45) is 0 Å². The lowest BCUT2D eigenvalue weighted by Crippen LogP contribution is -2.25. The Labute approximate surface area is 131 Å². The minimum Gasteiger partial charge on any atom is -0.342 e. The third-order valence-corrected chi connectivity index (χ3v) is 6.59. The number of halogens is 1. The minimum absolute atomic E-state index is 0.218.